The second-order valence-electron chi connectivity index (χ2n) is 7.40. The van der Waals surface area contributed by atoms with Gasteiger partial charge in [0.15, 0.2) is 0 Å². The average molecular weight is 396 g/mol. The van der Waals surface area contributed by atoms with Crippen LogP contribution in [0.1, 0.15) is 32.2 Å². The quantitative estimate of drug-likeness (QED) is 0.739. The predicted molar refractivity (Wildman–Crippen MR) is 99.5 cm³/mol. The number of hydrogen-bond donors (Lipinski definition) is 3. The van der Waals surface area contributed by atoms with E-state index in [-0.39, 0.29) is 5.96 Å². The van der Waals surface area contributed by atoms with Crippen LogP contribution in [0, 0.1) is 6.92 Å². The number of nitrogens with zero attached hydrogens (tertiary/aromatic N) is 5. The largest absolute Gasteiger partial charge is 0.417 e. The van der Waals surface area contributed by atoms with Gasteiger partial charge in [0.1, 0.15) is 5.66 Å². The van der Waals surface area contributed by atoms with E-state index < -0.39 is 23.0 Å². The minimum Gasteiger partial charge on any atom is -0.332 e. The number of aliphatic imine (C=N–C) groups is 1. The molecule has 3 heterocycles. The average Bonchev–Trinajstić information content (AvgIpc) is 3.12. The zero-order valence-corrected chi connectivity index (χ0v) is 16.3. The summed E-state index contributed by atoms with van der Waals surface area (Å²) in [5.41, 5.74) is 4.62. The summed E-state index contributed by atoms with van der Waals surface area (Å²) in [5.74, 6) is 0.110. The molecule has 152 valence electrons. The topological polar surface area (TPSA) is 98.1 Å². The highest BCUT2D eigenvalue weighted by Gasteiger charge is 2.45. The second kappa shape index (κ2) is 6.36. The van der Waals surface area contributed by atoms with Crippen LogP contribution in [0.2, 0.25) is 0 Å². The number of anilines is 1. The monoisotopic (exact) mass is 396 g/mol. The maximum Gasteiger partial charge on any atom is 0.417 e. The summed E-state index contributed by atoms with van der Waals surface area (Å²) in [7, 11) is 1.85. The van der Waals surface area contributed by atoms with E-state index in [0.29, 0.717) is 11.4 Å². The molecule has 11 heteroatoms. The van der Waals surface area contributed by atoms with Gasteiger partial charge in [0.05, 0.1) is 28.2 Å². The molecule has 1 atom stereocenters. The summed E-state index contributed by atoms with van der Waals surface area (Å²) in [6, 6.07) is 1.90. The van der Waals surface area contributed by atoms with E-state index >= 15 is 0 Å². The first kappa shape index (κ1) is 19.9. The van der Waals surface area contributed by atoms with E-state index in [2.05, 4.69) is 25.8 Å². The van der Waals surface area contributed by atoms with Crippen molar-refractivity contribution in [2.45, 2.75) is 45.1 Å². The molecule has 0 spiro atoms. The summed E-state index contributed by atoms with van der Waals surface area (Å²) >= 11 is 0. The summed E-state index contributed by atoms with van der Waals surface area (Å²) in [6.45, 7) is 6.98. The van der Waals surface area contributed by atoms with Crippen LogP contribution >= 0.6 is 0 Å². The molecule has 0 amide bonds. The molecule has 3 rings (SSSR count). The molecule has 2 aromatic rings. The Bertz CT molecular complexity index is 946. The van der Waals surface area contributed by atoms with Crippen molar-refractivity contribution in [1.82, 2.24) is 24.9 Å². The number of aromatic nitrogens is 4. The number of aryl methyl sites for hydroxylation is 2. The van der Waals surface area contributed by atoms with Crippen LogP contribution in [-0.2, 0) is 12.6 Å². The molecule has 4 N–H and O–H groups in total. The van der Waals surface area contributed by atoms with Crippen LogP contribution in [0.5, 0.6) is 0 Å². The predicted octanol–water partition coefficient (Wildman–Crippen LogP) is 2.20. The van der Waals surface area contributed by atoms with Crippen molar-refractivity contribution in [3.05, 3.63) is 41.6 Å². The molecule has 1 unspecified atom stereocenters. The Balaban J connectivity index is 1.86. The highest BCUT2D eigenvalue weighted by molar-refractivity contribution is 5.95. The first-order valence-electron chi connectivity index (χ1n) is 8.58. The molecule has 1 aliphatic heterocycles. The van der Waals surface area contributed by atoms with Gasteiger partial charge in [-0.3, -0.25) is 9.36 Å². The van der Waals surface area contributed by atoms with Crippen molar-refractivity contribution in [1.29, 1.82) is 0 Å². The standard InChI is InChI=1S/C17H23F3N8/c1-10-11(9-28(26-10)15(2,3)13-6-7-23-27(13)5)24-14-22-8-12(17(18,19)20)16(4,21)25-14/h6-9H,21H2,1-5H3,(H2,22,24,25). The van der Waals surface area contributed by atoms with Gasteiger partial charge in [-0.1, -0.05) is 0 Å². The Kier molecular flexibility index (Phi) is 4.53. The van der Waals surface area contributed by atoms with E-state index in [1.54, 1.807) is 28.7 Å². The molecule has 0 bridgehead atoms. The number of halogens is 3. The number of alkyl halides is 3. The van der Waals surface area contributed by atoms with Gasteiger partial charge >= 0.3 is 6.18 Å². The van der Waals surface area contributed by atoms with Crippen molar-refractivity contribution in [2.24, 2.45) is 17.8 Å². The molecule has 0 saturated heterocycles. The normalized spacial score (nSPS) is 20.5. The number of nitrogens with one attached hydrogen (secondary N) is 2. The lowest BCUT2D eigenvalue weighted by Crippen LogP contribution is -2.49. The minimum absolute atomic E-state index is 0.110. The van der Waals surface area contributed by atoms with Gasteiger partial charge in [-0.25, -0.2) is 4.99 Å². The van der Waals surface area contributed by atoms with E-state index in [4.69, 9.17) is 5.73 Å². The van der Waals surface area contributed by atoms with Crippen LogP contribution in [-0.4, -0.2) is 37.4 Å². The van der Waals surface area contributed by atoms with Crippen LogP contribution in [0.15, 0.2) is 35.2 Å². The Labute approximate surface area is 160 Å². The summed E-state index contributed by atoms with van der Waals surface area (Å²) < 4.78 is 42.7. The Morgan fingerprint density at radius 1 is 1.29 bits per heavy atom. The first-order valence-corrected chi connectivity index (χ1v) is 8.58. The van der Waals surface area contributed by atoms with Gasteiger partial charge in [0.25, 0.3) is 0 Å². The molecule has 0 fully saturated rings. The molecule has 2 aromatic heterocycles. The summed E-state index contributed by atoms with van der Waals surface area (Å²) in [5, 5.41) is 14.2. The van der Waals surface area contributed by atoms with E-state index in [1.807, 2.05) is 27.0 Å². The Morgan fingerprint density at radius 3 is 2.50 bits per heavy atom. The minimum atomic E-state index is -4.57. The Hall–Kier alpha value is -2.82. The lowest BCUT2D eigenvalue weighted by atomic mass is 10.0. The van der Waals surface area contributed by atoms with Gasteiger partial charge in [-0.2, -0.15) is 23.4 Å². The van der Waals surface area contributed by atoms with Gasteiger partial charge in [0, 0.05) is 25.6 Å². The maximum atomic E-state index is 13.1. The third kappa shape index (κ3) is 3.49. The molecule has 0 radical (unpaired) electrons. The van der Waals surface area contributed by atoms with E-state index in [9.17, 15) is 13.2 Å². The first-order chi connectivity index (χ1) is 12.8. The van der Waals surface area contributed by atoms with Crippen molar-refractivity contribution in [2.75, 3.05) is 5.32 Å². The molecule has 8 nitrogen and oxygen atoms in total. The summed E-state index contributed by atoms with van der Waals surface area (Å²) in [4.78, 5) is 3.97. The van der Waals surface area contributed by atoms with Gasteiger partial charge < -0.3 is 16.4 Å². The van der Waals surface area contributed by atoms with Crippen LogP contribution in [0.4, 0.5) is 18.9 Å². The lowest BCUT2D eigenvalue weighted by molar-refractivity contribution is -0.100. The van der Waals surface area contributed by atoms with E-state index in [1.165, 1.54) is 6.92 Å². The number of rotatable bonds is 3. The number of hydrogen-bond acceptors (Lipinski definition) is 6. The molecule has 0 aliphatic carbocycles. The van der Waals surface area contributed by atoms with Crippen LogP contribution < -0.4 is 16.4 Å². The van der Waals surface area contributed by atoms with Crippen molar-refractivity contribution < 1.29 is 13.2 Å². The van der Waals surface area contributed by atoms with Gasteiger partial charge in [0.2, 0.25) is 5.96 Å². The lowest BCUT2D eigenvalue weighted by Gasteiger charge is -2.30. The number of guanidine groups is 1. The van der Waals surface area contributed by atoms with Crippen LogP contribution in [0.25, 0.3) is 0 Å². The molecular formula is C17H23F3N8. The highest BCUT2D eigenvalue weighted by Crippen LogP contribution is 2.34. The maximum absolute atomic E-state index is 13.1. The fourth-order valence-corrected chi connectivity index (χ4v) is 3.13. The molecule has 0 saturated carbocycles. The highest BCUT2D eigenvalue weighted by atomic mass is 19.4. The van der Waals surface area contributed by atoms with Gasteiger partial charge in [-0.05, 0) is 33.8 Å². The smallest absolute Gasteiger partial charge is 0.332 e. The van der Waals surface area contributed by atoms with E-state index in [0.717, 1.165) is 11.9 Å². The zero-order chi connectivity index (χ0) is 20.9. The third-order valence-corrected chi connectivity index (χ3v) is 4.72. The van der Waals surface area contributed by atoms with Gasteiger partial charge in [-0.15, -0.1) is 0 Å². The van der Waals surface area contributed by atoms with Crippen molar-refractivity contribution in [3.8, 4) is 0 Å². The SMILES string of the molecule is Cc1nn(C(C)(C)c2ccnn2C)cc1NC1=NC(C)(N)C(C(F)(F)F)=CN1. The Morgan fingerprint density at radius 2 is 1.96 bits per heavy atom. The zero-order valence-electron chi connectivity index (χ0n) is 16.3. The van der Waals surface area contributed by atoms with Crippen LogP contribution in [0.3, 0.4) is 0 Å². The number of nitrogens with two attached hydrogens (primary N) is 1. The molecular weight excluding hydrogens is 373 g/mol. The molecule has 1 aliphatic rings. The summed E-state index contributed by atoms with van der Waals surface area (Å²) in [6.07, 6.45) is -0.266. The fraction of sp³-hybridized carbons (Fsp3) is 0.471. The van der Waals surface area contributed by atoms with Crippen molar-refractivity contribution in [3.63, 3.8) is 0 Å². The van der Waals surface area contributed by atoms with Crippen molar-refractivity contribution >= 4 is 11.6 Å². The second-order valence-corrected chi connectivity index (χ2v) is 7.40. The molecule has 28 heavy (non-hydrogen) atoms. The fourth-order valence-electron chi connectivity index (χ4n) is 3.13. The third-order valence-electron chi connectivity index (χ3n) is 4.72. The molecule has 0 aromatic carbocycles.